The molecule has 0 heterocycles. The van der Waals surface area contributed by atoms with Gasteiger partial charge in [0.2, 0.25) is 5.91 Å². The van der Waals surface area contributed by atoms with Crippen LogP contribution in [-0.2, 0) is 11.2 Å². The lowest BCUT2D eigenvalue weighted by Gasteiger charge is -2.28. The number of carbonyl (C=O) groups excluding carboxylic acids is 1. The summed E-state index contributed by atoms with van der Waals surface area (Å²) in [7, 11) is 0. The van der Waals surface area contributed by atoms with Gasteiger partial charge in [0.1, 0.15) is 5.75 Å². The van der Waals surface area contributed by atoms with E-state index in [1.165, 1.54) is 24.3 Å². The first-order chi connectivity index (χ1) is 10.8. The van der Waals surface area contributed by atoms with Crippen LogP contribution >= 0.6 is 0 Å². The molecule has 0 bridgehead atoms. The van der Waals surface area contributed by atoms with Gasteiger partial charge in [-0.25, -0.2) is 0 Å². The van der Waals surface area contributed by atoms with Crippen LogP contribution in [0, 0.1) is 0 Å². The van der Waals surface area contributed by atoms with E-state index >= 15 is 0 Å². The monoisotopic (exact) mass is 330 g/mol. The molecular formula is C16H21F3N2O2. The summed E-state index contributed by atoms with van der Waals surface area (Å²) in [5, 5.41) is 3.02. The van der Waals surface area contributed by atoms with Crippen molar-refractivity contribution in [2.24, 2.45) is 5.73 Å². The van der Waals surface area contributed by atoms with Gasteiger partial charge in [-0.2, -0.15) is 0 Å². The van der Waals surface area contributed by atoms with Crippen molar-refractivity contribution in [1.82, 2.24) is 5.32 Å². The predicted molar refractivity (Wildman–Crippen MR) is 79.8 cm³/mol. The maximum absolute atomic E-state index is 12.1. The van der Waals surface area contributed by atoms with Crippen LogP contribution in [0.1, 0.15) is 37.7 Å². The first-order valence-corrected chi connectivity index (χ1v) is 7.68. The van der Waals surface area contributed by atoms with Crippen LogP contribution in [-0.4, -0.2) is 24.4 Å². The highest BCUT2D eigenvalue weighted by Gasteiger charge is 2.33. The zero-order valence-electron chi connectivity index (χ0n) is 12.8. The molecule has 1 amide bonds. The number of ether oxygens (including phenoxy) is 1. The maximum atomic E-state index is 12.1. The Balaban J connectivity index is 1.82. The number of hydrogen-bond acceptors (Lipinski definition) is 3. The van der Waals surface area contributed by atoms with Gasteiger partial charge < -0.3 is 15.8 Å². The van der Waals surface area contributed by atoms with Crippen LogP contribution in [0.2, 0.25) is 0 Å². The zero-order valence-corrected chi connectivity index (χ0v) is 12.8. The highest BCUT2D eigenvalue weighted by molar-refractivity contribution is 5.77. The average molecular weight is 330 g/mol. The molecule has 0 radical (unpaired) electrons. The number of benzene rings is 1. The zero-order chi connectivity index (χ0) is 16.9. The fourth-order valence-electron chi connectivity index (χ4n) is 2.91. The van der Waals surface area contributed by atoms with Gasteiger partial charge in [-0.1, -0.05) is 25.0 Å². The second-order valence-corrected chi connectivity index (χ2v) is 5.93. The van der Waals surface area contributed by atoms with E-state index in [9.17, 15) is 18.0 Å². The van der Waals surface area contributed by atoms with Crippen molar-refractivity contribution >= 4 is 5.91 Å². The number of nitrogens with two attached hydrogens (primary N) is 1. The quantitative estimate of drug-likeness (QED) is 0.843. The summed E-state index contributed by atoms with van der Waals surface area (Å²) in [5.74, 6) is -0.341. The van der Waals surface area contributed by atoms with Crippen molar-refractivity contribution in [3.05, 3.63) is 29.8 Å². The lowest BCUT2D eigenvalue weighted by molar-refractivity contribution is -0.274. The predicted octanol–water partition coefficient (Wildman–Crippen LogP) is 2.91. The number of hydrogen-bond donors (Lipinski definition) is 2. The molecular weight excluding hydrogens is 309 g/mol. The first kappa shape index (κ1) is 17.6. The van der Waals surface area contributed by atoms with Crippen LogP contribution < -0.4 is 15.8 Å². The molecule has 0 spiro atoms. The van der Waals surface area contributed by atoms with Gasteiger partial charge in [0.25, 0.3) is 0 Å². The molecule has 1 aliphatic rings. The second kappa shape index (κ2) is 7.21. The summed E-state index contributed by atoms with van der Waals surface area (Å²) in [6.45, 7) is 0.433. The molecule has 1 aromatic carbocycles. The van der Waals surface area contributed by atoms with E-state index < -0.39 is 6.36 Å². The minimum atomic E-state index is -4.70. The molecule has 0 aromatic heterocycles. The third-order valence-corrected chi connectivity index (χ3v) is 4.15. The summed E-state index contributed by atoms with van der Waals surface area (Å²) in [5.41, 5.74) is 6.28. The minimum absolute atomic E-state index is 0.0760. The number of nitrogens with one attached hydrogen (secondary N) is 1. The van der Waals surface area contributed by atoms with Crippen LogP contribution in [0.5, 0.6) is 5.75 Å². The highest BCUT2D eigenvalue weighted by Crippen LogP contribution is 2.28. The Kier molecular flexibility index (Phi) is 5.51. The first-order valence-electron chi connectivity index (χ1n) is 7.68. The Morgan fingerprint density at radius 3 is 2.35 bits per heavy atom. The molecule has 1 aliphatic carbocycles. The largest absolute Gasteiger partial charge is 0.573 e. The summed E-state index contributed by atoms with van der Waals surface area (Å²) < 4.78 is 40.0. The molecule has 128 valence electrons. The third kappa shape index (κ3) is 5.42. The Morgan fingerprint density at radius 2 is 1.83 bits per heavy atom. The Morgan fingerprint density at radius 1 is 1.22 bits per heavy atom. The molecule has 2 rings (SSSR count). The molecule has 7 heteroatoms. The van der Waals surface area contributed by atoms with E-state index in [1.807, 2.05) is 0 Å². The number of rotatable bonds is 6. The van der Waals surface area contributed by atoms with E-state index in [0.717, 1.165) is 31.2 Å². The van der Waals surface area contributed by atoms with Crippen molar-refractivity contribution < 1.29 is 22.7 Å². The SMILES string of the molecule is NCC1(NC(=O)CCc2ccc(OC(F)(F)F)cc2)CCCC1. The molecule has 0 unspecified atom stereocenters. The summed E-state index contributed by atoms with van der Waals surface area (Å²) in [6.07, 6.45) is -0.0209. The minimum Gasteiger partial charge on any atom is -0.406 e. The fourth-order valence-corrected chi connectivity index (χ4v) is 2.91. The fraction of sp³-hybridized carbons (Fsp3) is 0.562. The van der Waals surface area contributed by atoms with Crippen molar-refractivity contribution in [2.45, 2.75) is 50.4 Å². The van der Waals surface area contributed by atoms with Gasteiger partial charge in [-0.15, -0.1) is 13.2 Å². The summed E-state index contributed by atoms with van der Waals surface area (Å²) in [6, 6.07) is 5.56. The van der Waals surface area contributed by atoms with Gasteiger partial charge in [-0.3, -0.25) is 4.79 Å². The Labute approximate surface area is 133 Å². The highest BCUT2D eigenvalue weighted by atomic mass is 19.4. The molecule has 0 aliphatic heterocycles. The topological polar surface area (TPSA) is 64.3 Å². The van der Waals surface area contributed by atoms with Crippen LogP contribution in [0.4, 0.5) is 13.2 Å². The molecule has 4 nitrogen and oxygen atoms in total. The van der Waals surface area contributed by atoms with Gasteiger partial charge >= 0.3 is 6.36 Å². The normalized spacial score (nSPS) is 17.0. The van der Waals surface area contributed by atoms with Crippen molar-refractivity contribution in [2.75, 3.05) is 6.54 Å². The molecule has 0 atom stereocenters. The molecule has 0 saturated heterocycles. The van der Waals surface area contributed by atoms with Crippen LogP contribution in [0.3, 0.4) is 0 Å². The standard InChI is InChI=1S/C16H21F3N2O2/c17-16(18,19)23-13-6-3-12(4-7-13)5-8-14(22)21-15(11-20)9-1-2-10-15/h3-4,6-7H,1-2,5,8-11,20H2,(H,21,22). The molecule has 3 N–H and O–H groups in total. The number of aryl methyl sites for hydroxylation is 1. The van der Waals surface area contributed by atoms with Gasteiger partial charge in [0.15, 0.2) is 0 Å². The van der Waals surface area contributed by atoms with E-state index in [0.29, 0.717) is 13.0 Å². The lowest BCUT2D eigenvalue weighted by Crippen LogP contribution is -2.51. The van der Waals surface area contributed by atoms with Crippen LogP contribution in [0.15, 0.2) is 24.3 Å². The number of amides is 1. The van der Waals surface area contributed by atoms with Gasteiger partial charge in [0.05, 0.1) is 5.54 Å². The smallest absolute Gasteiger partial charge is 0.406 e. The van der Waals surface area contributed by atoms with Crippen molar-refractivity contribution in [3.8, 4) is 5.75 Å². The molecule has 1 saturated carbocycles. The molecule has 1 aromatic rings. The third-order valence-electron chi connectivity index (χ3n) is 4.15. The number of alkyl halides is 3. The van der Waals surface area contributed by atoms with Gasteiger partial charge in [0, 0.05) is 13.0 Å². The summed E-state index contributed by atoms with van der Waals surface area (Å²) in [4.78, 5) is 12.1. The number of halogens is 3. The van der Waals surface area contributed by atoms with Crippen molar-refractivity contribution in [1.29, 1.82) is 0 Å². The van der Waals surface area contributed by atoms with Crippen molar-refractivity contribution in [3.63, 3.8) is 0 Å². The van der Waals surface area contributed by atoms with Crippen LogP contribution in [0.25, 0.3) is 0 Å². The molecule has 1 fully saturated rings. The van der Waals surface area contributed by atoms with Gasteiger partial charge in [-0.05, 0) is 37.0 Å². The number of carbonyl (C=O) groups is 1. The Bertz CT molecular complexity index is 523. The summed E-state index contributed by atoms with van der Waals surface area (Å²) >= 11 is 0. The lowest BCUT2D eigenvalue weighted by atomic mass is 9.97. The average Bonchev–Trinajstić information content (AvgIpc) is 2.94. The van der Waals surface area contributed by atoms with E-state index in [-0.39, 0.29) is 23.6 Å². The second-order valence-electron chi connectivity index (χ2n) is 5.93. The Hall–Kier alpha value is -1.76. The maximum Gasteiger partial charge on any atom is 0.573 e. The van der Waals surface area contributed by atoms with E-state index in [4.69, 9.17) is 5.73 Å². The van der Waals surface area contributed by atoms with E-state index in [2.05, 4.69) is 10.1 Å². The molecule has 23 heavy (non-hydrogen) atoms. The van der Waals surface area contributed by atoms with E-state index in [1.54, 1.807) is 0 Å².